The number of amides is 1. The third kappa shape index (κ3) is 3.56. The molecule has 0 radical (unpaired) electrons. The molecule has 0 spiro atoms. The number of fused-ring (bicyclic) bond motifs is 1. The van der Waals surface area contributed by atoms with Gasteiger partial charge in [-0.15, -0.1) is 11.3 Å². The summed E-state index contributed by atoms with van der Waals surface area (Å²) in [5.41, 5.74) is 2.71. The zero-order valence-corrected chi connectivity index (χ0v) is 14.5. The monoisotopic (exact) mass is 350 g/mol. The molecule has 1 aliphatic heterocycles. The maximum Gasteiger partial charge on any atom is 0.271 e. The van der Waals surface area contributed by atoms with Crippen LogP contribution in [0.3, 0.4) is 0 Å². The molecule has 0 saturated heterocycles. The van der Waals surface area contributed by atoms with E-state index in [1.165, 1.54) is 16.9 Å². The van der Waals surface area contributed by atoms with E-state index in [-0.39, 0.29) is 11.9 Å². The first-order valence-corrected chi connectivity index (χ1v) is 9.18. The predicted molar refractivity (Wildman–Crippen MR) is 98.1 cm³/mol. The molecule has 126 valence electrons. The molecule has 1 amide bonds. The van der Waals surface area contributed by atoms with Crippen molar-refractivity contribution in [1.29, 1.82) is 0 Å². The average Bonchev–Trinajstić information content (AvgIpc) is 3.11. The van der Waals surface area contributed by atoms with E-state index in [0.717, 1.165) is 29.2 Å². The van der Waals surface area contributed by atoms with Crippen molar-refractivity contribution >= 4 is 17.2 Å². The lowest BCUT2D eigenvalue weighted by Crippen LogP contribution is -2.32. The second kappa shape index (κ2) is 7.07. The summed E-state index contributed by atoms with van der Waals surface area (Å²) in [4.78, 5) is 17.1. The Kier molecular flexibility index (Phi) is 4.48. The standard InChI is InChI=1S/C20H18N2O2S/c23-20(22-16-10-11-24-18-9-5-4-8-15(16)18)17-13-25-19(21-17)12-14-6-2-1-3-7-14/h1-9,13,16H,10-12H2,(H,22,23)/t16-/m1/s1. The summed E-state index contributed by atoms with van der Waals surface area (Å²) in [5.74, 6) is 0.722. The van der Waals surface area contributed by atoms with Crippen LogP contribution in [-0.2, 0) is 6.42 Å². The second-order valence-electron chi connectivity index (χ2n) is 5.99. The van der Waals surface area contributed by atoms with Gasteiger partial charge in [-0.3, -0.25) is 4.79 Å². The van der Waals surface area contributed by atoms with E-state index < -0.39 is 0 Å². The van der Waals surface area contributed by atoms with Crippen molar-refractivity contribution in [2.75, 3.05) is 6.61 Å². The number of carbonyl (C=O) groups excluding carboxylic acids is 1. The van der Waals surface area contributed by atoms with E-state index in [4.69, 9.17) is 4.74 Å². The van der Waals surface area contributed by atoms with Gasteiger partial charge < -0.3 is 10.1 Å². The molecule has 1 N–H and O–H groups in total. The Labute approximate surface area is 150 Å². The zero-order valence-electron chi connectivity index (χ0n) is 13.6. The van der Waals surface area contributed by atoms with Crippen molar-refractivity contribution in [3.05, 3.63) is 81.8 Å². The van der Waals surface area contributed by atoms with Gasteiger partial charge in [0.25, 0.3) is 5.91 Å². The van der Waals surface area contributed by atoms with Crippen molar-refractivity contribution in [2.24, 2.45) is 0 Å². The van der Waals surface area contributed by atoms with Crippen molar-refractivity contribution in [3.8, 4) is 5.75 Å². The van der Waals surface area contributed by atoms with Crippen molar-refractivity contribution in [1.82, 2.24) is 10.3 Å². The van der Waals surface area contributed by atoms with Crippen LogP contribution in [0.15, 0.2) is 60.0 Å². The van der Waals surface area contributed by atoms with Crippen LogP contribution in [-0.4, -0.2) is 17.5 Å². The van der Waals surface area contributed by atoms with Gasteiger partial charge in [0.15, 0.2) is 0 Å². The maximum absolute atomic E-state index is 12.6. The number of rotatable bonds is 4. The largest absolute Gasteiger partial charge is 0.493 e. The van der Waals surface area contributed by atoms with Crippen molar-refractivity contribution < 1.29 is 9.53 Å². The smallest absolute Gasteiger partial charge is 0.271 e. The number of hydrogen-bond acceptors (Lipinski definition) is 4. The molecule has 4 nitrogen and oxygen atoms in total. The Morgan fingerprint density at radius 3 is 2.84 bits per heavy atom. The van der Waals surface area contributed by atoms with Crippen LogP contribution in [0.5, 0.6) is 5.75 Å². The highest BCUT2D eigenvalue weighted by molar-refractivity contribution is 7.09. The average molecular weight is 350 g/mol. The number of hydrogen-bond donors (Lipinski definition) is 1. The van der Waals surface area contributed by atoms with E-state index in [9.17, 15) is 4.79 Å². The van der Waals surface area contributed by atoms with E-state index in [2.05, 4.69) is 22.4 Å². The van der Waals surface area contributed by atoms with Gasteiger partial charge >= 0.3 is 0 Å². The summed E-state index contributed by atoms with van der Waals surface area (Å²) < 4.78 is 5.65. The van der Waals surface area contributed by atoms with Crippen LogP contribution >= 0.6 is 11.3 Å². The molecule has 0 bridgehead atoms. The van der Waals surface area contributed by atoms with Crippen LogP contribution in [0, 0.1) is 0 Å². The first kappa shape index (κ1) is 15.8. The Morgan fingerprint density at radius 2 is 1.96 bits per heavy atom. The molecule has 1 atom stereocenters. The number of nitrogens with one attached hydrogen (secondary N) is 1. The van der Waals surface area contributed by atoms with Crippen molar-refractivity contribution in [3.63, 3.8) is 0 Å². The summed E-state index contributed by atoms with van der Waals surface area (Å²) in [6.45, 7) is 0.609. The van der Waals surface area contributed by atoms with Gasteiger partial charge in [0.1, 0.15) is 11.4 Å². The molecule has 0 saturated carbocycles. The Hall–Kier alpha value is -2.66. The van der Waals surface area contributed by atoms with E-state index in [1.807, 2.05) is 47.8 Å². The summed E-state index contributed by atoms with van der Waals surface area (Å²) in [6, 6.07) is 18.0. The second-order valence-corrected chi connectivity index (χ2v) is 6.93. The van der Waals surface area contributed by atoms with Crippen LogP contribution < -0.4 is 10.1 Å². The minimum absolute atomic E-state index is 0.0308. The van der Waals surface area contributed by atoms with Crippen LogP contribution in [0.4, 0.5) is 0 Å². The summed E-state index contributed by atoms with van der Waals surface area (Å²) >= 11 is 1.52. The summed E-state index contributed by atoms with van der Waals surface area (Å²) in [7, 11) is 0. The van der Waals surface area contributed by atoms with Gasteiger partial charge in [0, 0.05) is 23.8 Å². The van der Waals surface area contributed by atoms with E-state index >= 15 is 0 Å². The highest BCUT2D eigenvalue weighted by Crippen LogP contribution is 2.31. The Bertz CT molecular complexity index is 876. The van der Waals surface area contributed by atoms with Crippen LogP contribution in [0.2, 0.25) is 0 Å². The quantitative estimate of drug-likeness (QED) is 0.774. The van der Waals surface area contributed by atoms with Gasteiger partial charge in [-0.2, -0.15) is 0 Å². The molecule has 5 heteroatoms. The number of ether oxygens (including phenoxy) is 1. The molecule has 3 aromatic rings. The molecule has 1 aromatic heterocycles. The SMILES string of the molecule is O=C(N[C@@H]1CCOc2ccccc21)c1csc(Cc2ccccc2)n1. The third-order valence-electron chi connectivity index (χ3n) is 4.25. The molecule has 4 rings (SSSR count). The van der Waals surface area contributed by atoms with E-state index in [1.54, 1.807) is 0 Å². The number of para-hydroxylation sites is 1. The molecule has 0 fully saturated rings. The van der Waals surface area contributed by atoms with Gasteiger partial charge in [-0.05, 0) is 11.6 Å². The maximum atomic E-state index is 12.6. The lowest BCUT2D eigenvalue weighted by Gasteiger charge is -2.26. The van der Waals surface area contributed by atoms with E-state index in [0.29, 0.717) is 12.3 Å². The van der Waals surface area contributed by atoms with Crippen LogP contribution in [0.1, 0.15) is 39.1 Å². The van der Waals surface area contributed by atoms with Gasteiger partial charge in [-0.25, -0.2) is 4.98 Å². The fourth-order valence-corrected chi connectivity index (χ4v) is 3.80. The van der Waals surface area contributed by atoms with Crippen LogP contribution in [0.25, 0.3) is 0 Å². The Morgan fingerprint density at radius 1 is 1.16 bits per heavy atom. The molecular weight excluding hydrogens is 332 g/mol. The molecule has 0 aliphatic carbocycles. The summed E-state index contributed by atoms with van der Waals surface area (Å²) in [5, 5.41) is 5.87. The lowest BCUT2D eigenvalue weighted by atomic mass is 10.0. The topological polar surface area (TPSA) is 51.2 Å². The van der Waals surface area contributed by atoms with Gasteiger partial charge in [-0.1, -0.05) is 48.5 Å². The zero-order chi connectivity index (χ0) is 17.1. The molecule has 25 heavy (non-hydrogen) atoms. The fraction of sp³-hybridized carbons (Fsp3) is 0.200. The predicted octanol–water partition coefficient (Wildman–Crippen LogP) is 3.99. The minimum Gasteiger partial charge on any atom is -0.493 e. The first-order valence-electron chi connectivity index (χ1n) is 8.30. The summed E-state index contributed by atoms with van der Waals surface area (Å²) in [6.07, 6.45) is 1.52. The minimum atomic E-state index is -0.128. The van der Waals surface area contributed by atoms with Crippen molar-refractivity contribution in [2.45, 2.75) is 18.9 Å². The highest BCUT2D eigenvalue weighted by atomic mass is 32.1. The third-order valence-corrected chi connectivity index (χ3v) is 5.10. The molecule has 2 heterocycles. The normalized spacial score (nSPS) is 15.9. The number of carbonyl (C=O) groups is 1. The fourth-order valence-electron chi connectivity index (χ4n) is 2.99. The number of nitrogens with zero attached hydrogens (tertiary/aromatic N) is 1. The first-order chi connectivity index (χ1) is 12.3. The number of aromatic nitrogens is 1. The Balaban J connectivity index is 1.46. The molecule has 0 unspecified atom stereocenters. The number of thiazole rings is 1. The van der Waals surface area contributed by atoms with Gasteiger partial charge in [0.05, 0.1) is 17.7 Å². The molecule has 1 aliphatic rings. The molecule has 2 aromatic carbocycles. The molecular formula is C20H18N2O2S. The highest BCUT2D eigenvalue weighted by Gasteiger charge is 2.23. The number of benzene rings is 2. The lowest BCUT2D eigenvalue weighted by molar-refractivity contribution is 0.0920. The van der Waals surface area contributed by atoms with Gasteiger partial charge in [0.2, 0.25) is 0 Å².